The maximum absolute atomic E-state index is 11.9. The summed E-state index contributed by atoms with van der Waals surface area (Å²) in [6, 6.07) is 7.87. The fourth-order valence-corrected chi connectivity index (χ4v) is 2.01. The molecule has 19 heavy (non-hydrogen) atoms. The Balaban J connectivity index is 1.98. The molecule has 0 radical (unpaired) electrons. The van der Waals surface area contributed by atoms with Crippen LogP contribution in [0.4, 0.5) is 0 Å². The number of rotatable bonds is 3. The zero-order chi connectivity index (χ0) is 13.8. The third kappa shape index (κ3) is 3.10. The minimum Gasteiger partial charge on any atom is -0.394 e. The van der Waals surface area contributed by atoms with Crippen LogP contribution in [0.3, 0.4) is 0 Å². The van der Waals surface area contributed by atoms with Gasteiger partial charge in [-0.1, -0.05) is 18.2 Å². The highest BCUT2D eigenvalue weighted by Crippen LogP contribution is 2.15. The van der Waals surface area contributed by atoms with E-state index in [2.05, 4.69) is 5.32 Å². The minimum absolute atomic E-state index is 0.0437. The molecule has 6 nitrogen and oxygen atoms in total. The van der Waals surface area contributed by atoms with E-state index >= 15 is 0 Å². The van der Waals surface area contributed by atoms with Gasteiger partial charge < -0.3 is 25.4 Å². The standard InChI is InChI=1S/C13H17NO5/c15-6-10-12(17)11(16)9(7-19-10)14-13(18)8-4-2-1-3-5-8/h1-5,9-12,15-17H,6-7H2,(H,14,18)/t9?,10?,11?,12-/m1/s1. The van der Waals surface area contributed by atoms with Crippen molar-refractivity contribution < 1.29 is 24.9 Å². The summed E-state index contributed by atoms with van der Waals surface area (Å²) in [6.45, 7) is -0.334. The molecule has 0 bridgehead atoms. The Labute approximate surface area is 110 Å². The monoisotopic (exact) mass is 267 g/mol. The predicted octanol–water partition coefficient (Wildman–Crippen LogP) is -1.10. The predicted molar refractivity (Wildman–Crippen MR) is 66.5 cm³/mol. The highest BCUT2D eigenvalue weighted by atomic mass is 16.5. The fraction of sp³-hybridized carbons (Fsp3) is 0.462. The summed E-state index contributed by atoms with van der Waals surface area (Å²) in [6.07, 6.45) is -3.21. The van der Waals surface area contributed by atoms with Gasteiger partial charge in [-0.05, 0) is 12.1 Å². The van der Waals surface area contributed by atoms with Crippen LogP contribution in [0.25, 0.3) is 0 Å². The SMILES string of the molecule is O=C(NC1COC(CO)[C@@H](O)C1O)c1ccccc1. The van der Waals surface area contributed by atoms with Gasteiger partial charge in [-0.3, -0.25) is 4.79 Å². The van der Waals surface area contributed by atoms with E-state index in [0.717, 1.165) is 0 Å². The first kappa shape index (κ1) is 14.0. The second-order valence-corrected chi connectivity index (χ2v) is 4.48. The van der Waals surface area contributed by atoms with Crippen LogP contribution in [-0.2, 0) is 4.74 Å². The second-order valence-electron chi connectivity index (χ2n) is 4.48. The molecule has 0 aromatic heterocycles. The molecule has 1 fully saturated rings. The van der Waals surface area contributed by atoms with Crippen molar-refractivity contribution >= 4 is 5.91 Å². The molecule has 2 rings (SSSR count). The van der Waals surface area contributed by atoms with Crippen LogP contribution < -0.4 is 5.32 Å². The van der Waals surface area contributed by atoms with Crippen LogP contribution in [0, 0.1) is 0 Å². The Morgan fingerprint density at radius 3 is 2.58 bits per heavy atom. The van der Waals surface area contributed by atoms with Gasteiger partial charge in [0.15, 0.2) is 0 Å². The molecule has 4 N–H and O–H groups in total. The molecule has 4 atom stereocenters. The summed E-state index contributed by atoms with van der Waals surface area (Å²) in [7, 11) is 0. The van der Waals surface area contributed by atoms with Crippen molar-refractivity contribution in [1.29, 1.82) is 0 Å². The van der Waals surface area contributed by atoms with Crippen LogP contribution >= 0.6 is 0 Å². The number of ether oxygens (including phenoxy) is 1. The Morgan fingerprint density at radius 1 is 1.26 bits per heavy atom. The van der Waals surface area contributed by atoms with Gasteiger partial charge in [0, 0.05) is 5.56 Å². The lowest BCUT2D eigenvalue weighted by Gasteiger charge is -2.37. The Bertz CT molecular complexity index is 424. The van der Waals surface area contributed by atoms with Gasteiger partial charge in [-0.25, -0.2) is 0 Å². The molecule has 1 aliphatic rings. The van der Waals surface area contributed by atoms with Crippen molar-refractivity contribution in [3.05, 3.63) is 35.9 Å². The highest BCUT2D eigenvalue weighted by Gasteiger charge is 2.38. The molecule has 1 saturated heterocycles. The quantitative estimate of drug-likeness (QED) is 0.557. The van der Waals surface area contributed by atoms with Crippen molar-refractivity contribution in [2.24, 2.45) is 0 Å². The summed E-state index contributed by atoms with van der Waals surface area (Å²) < 4.78 is 5.18. The van der Waals surface area contributed by atoms with Crippen LogP contribution in [0.1, 0.15) is 10.4 Å². The zero-order valence-electron chi connectivity index (χ0n) is 10.3. The normalized spacial score (nSPS) is 30.9. The molecule has 1 heterocycles. The van der Waals surface area contributed by atoms with E-state index in [1.54, 1.807) is 30.3 Å². The number of amides is 1. The largest absolute Gasteiger partial charge is 0.394 e. The maximum Gasteiger partial charge on any atom is 0.251 e. The molecule has 1 aliphatic heterocycles. The molecular formula is C13H17NO5. The van der Waals surface area contributed by atoms with Crippen molar-refractivity contribution in [2.75, 3.05) is 13.2 Å². The molecule has 0 saturated carbocycles. The first-order valence-electron chi connectivity index (χ1n) is 6.08. The molecule has 1 amide bonds. The number of hydrogen-bond acceptors (Lipinski definition) is 5. The number of aliphatic hydroxyl groups is 3. The number of aliphatic hydroxyl groups excluding tert-OH is 3. The molecule has 3 unspecified atom stereocenters. The average molecular weight is 267 g/mol. The van der Waals surface area contributed by atoms with E-state index in [1.165, 1.54) is 0 Å². The van der Waals surface area contributed by atoms with Crippen LogP contribution in [0.2, 0.25) is 0 Å². The number of carbonyl (C=O) groups excluding carboxylic acids is 1. The molecule has 1 aromatic rings. The third-order valence-corrected chi connectivity index (χ3v) is 3.17. The molecule has 0 aliphatic carbocycles. The second kappa shape index (κ2) is 6.12. The number of benzene rings is 1. The van der Waals surface area contributed by atoms with Gasteiger partial charge in [-0.2, -0.15) is 0 Å². The molecular weight excluding hydrogens is 250 g/mol. The van der Waals surface area contributed by atoms with Gasteiger partial charge in [0.25, 0.3) is 5.91 Å². The van der Waals surface area contributed by atoms with Gasteiger partial charge >= 0.3 is 0 Å². The highest BCUT2D eigenvalue weighted by molar-refractivity contribution is 5.94. The van der Waals surface area contributed by atoms with Crippen molar-refractivity contribution in [2.45, 2.75) is 24.4 Å². The lowest BCUT2D eigenvalue weighted by atomic mass is 9.98. The molecule has 0 spiro atoms. The Hall–Kier alpha value is -1.47. The van der Waals surface area contributed by atoms with E-state index < -0.39 is 24.4 Å². The van der Waals surface area contributed by atoms with Crippen molar-refractivity contribution in [1.82, 2.24) is 5.32 Å². The van der Waals surface area contributed by atoms with Gasteiger partial charge in [0.1, 0.15) is 18.3 Å². The summed E-state index contributed by atoms with van der Waals surface area (Å²) in [5, 5.41) is 31.1. The van der Waals surface area contributed by atoms with E-state index in [4.69, 9.17) is 9.84 Å². The smallest absolute Gasteiger partial charge is 0.251 e. The number of carbonyl (C=O) groups is 1. The molecule has 104 valence electrons. The lowest BCUT2D eigenvalue weighted by Crippen LogP contribution is -2.59. The molecule has 6 heteroatoms. The number of nitrogens with one attached hydrogen (secondary N) is 1. The average Bonchev–Trinajstić information content (AvgIpc) is 2.45. The fourth-order valence-electron chi connectivity index (χ4n) is 2.01. The first-order valence-corrected chi connectivity index (χ1v) is 6.08. The van der Waals surface area contributed by atoms with Crippen molar-refractivity contribution in [3.63, 3.8) is 0 Å². The Kier molecular flexibility index (Phi) is 4.49. The molecule has 1 aromatic carbocycles. The van der Waals surface area contributed by atoms with Crippen LogP contribution in [0.5, 0.6) is 0 Å². The van der Waals surface area contributed by atoms with Crippen LogP contribution in [-0.4, -0.2) is 58.8 Å². The summed E-state index contributed by atoms with van der Waals surface area (Å²) >= 11 is 0. The lowest BCUT2D eigenvalue weighted by molar-refractivity contribution is -0.159. The van der Waals surface area contributed by atoms with Crippen molar-refractivity contribution in [3.8, 4) is 0 Å². The van der Waals surface area contributed by atoms with E-state index in [9.17, 15) is 15.0 Å². The topological polar surface area (TPSA) is 99.0 Å². The number of hydrogen-bond donors (Lipinski definition) is 4. The van der Waals surface area contributed by atoms with E-state index in [-0.39, 0.29) is 19.1 Å². The summed E-state index contributed by atoms with van der Waals surface area (Å²) in [4.78, 5) is 11.9. The Morgan fingerprint density at radius 2 is 1.95 bits per heavy atom. The summed E-state index contributed by atoms with van der Waals surface area (Å²) in [5.74, 6) is -0.345. The minimum atomic E-state index is -1.22. The third-order valence-electron chi connectivity index (χ3n) is 3.17. The van der Waals surface area contributed by atoms with E-state index in [1.807, 2.05) is 0 Å². The van der Waals surface area contributed by atoms with E-state index in [0.29, 0.717) is 5.56 Å². The van der Waals surface area contributed by atoms with Gasteiger partial charge in [0.2, 0.25) is 0 Å². The van der Waals surface area contributed by atoms with Gasteiger partial charge in [0.05, 0.1) is 19.3 Å². The summed E-state index contributed by atoms with van der Waals surface area (Å²) in [5.41, 5.74) is 0.466. The first-order chi connectivity index (χ1) is 9.13. The van der Waals surface area contributed by atoms with Gasteiger partial charge in [-0.15, -0.1) is 0 Å². The zero-order valence-corrected chi connectivity index (χ0v) is 10.3. The van der Waals surface area contributed by atoms with Crippen LogP contribution in [0.15, 0.2) is 30.3 Å². The maximum atomic E-state index is 11.9.